The molecule has 0 aliphatic carbocycles. The molecule has 0 aromatic heterocycles. The molecule has 1 aliphatic heterocycles. The van der Waals surface area contributed by atoms with Gasteiger partial charge in [-0.3, -0.25) is 4.79 Å². The lowest BCUT2D eigenvalue weighted by Crippen LogP contribution is -2.37. The Kier molecular flexibility index (Phi) is 7.84. The van der Waals surface area contributed by atoms with Crippen LogP contribution in [0.1, 0.15) is 33.2 Å². The first-order valence-electron chi connectivity index (χ1n) is 9.10. The number of carbonyl (C=O) groups is 2. The number of ether oxygens (including phenoxy) is 2. The molecule has 0 atom stereocenters. The van der Waals surface area contributed by atoms with Gasteiger partial charge in [0, 0.05) is 24.3 Å². The highest BCUT2D eigenvalue weighted by atomic mass is 35.5. The van der Waals surface area contributed by atoms with Crippen LogP contribution in [0, 0.1) is 6.92 Å². The number of hydrogen-bond acceptors (Lipinski definition) is 5. The second kappa shape index (κ2) is 10.1. The van der Waals surface area contributed by atoms with Crippen molar-refractivity contribution in [3.8, 4) is 0 Å². The standard InChI is InChI=1S/C21H24N2O4.ClH/c1-3-27-21(25)18-14-17(7-8-19(18)23-9-11-26-12-10-23)22-20(24)16-6-4-5-15(2)13-16;/h4-8,13-14H,3,9-12H2,1-2H3,(H,22,24);1H. The van der Waals surface area contributed by atoms with Crippen LogP contribution in [0.3, 0.4) is 0 Å². The summed E-state index contributed by atoms with van der Waals surface area (Å²) >= 11 is 0. The molecule has 150 valence electrons. The molecule has 1 saturated heterocycles. The first kappa shape index (κ1) is 21.7. The van der Waals surface area contributed by atoms with Gasteiger partial charge in [0.05, 0.1) is 31.1 Å². The Morgan fingerprint density at radius 2 is 1.89 bits per heavy atom. The third kappa shape index (κ3) is 5.24. The number of nitrogens with zero attached hydrogens (tertiary/aromatic N) is 1. The number of anilines is 2. The van der Waals surface area contributed by atoms with E-state index in [1.807, 2.05) is 31.2 Å². The molecular formula is C21H25ClN2O4. The summed E-state index contributed by atoms with van der Waals surface area (Å²) in [6, 6.07) is 12.7. The monoisotopic (exact) mass is 404 g/mol. The highest BCUT2D eigenvalue weighted by Crippen LogP contribution is 2.26. The Balaban J connectivity index is 0.00000280. The first-order valence-corrected chi connectivity index (χ1v) is 9.10. The average Bonchev–Trinajstić information content (AvgIpc) is 2.69. The number of nitrogens with one attached hydrogen (secondary N) is 1. The molecule has 0 spiro atoms. The smallest absolute Gasteiger partial charge is 0.340 e. The van der Waals surface area contributed by atoms with E-state index in [0.29, 0.717) is 49.7 Å². The van der Waals surface area contributed by atoms with Crippen LogP contribution in [0.2, 0.25) is 0 Å². The minimum Gasteiger partial charge on any atom is -0.462 e. The van der Waals surface area contributed by atoms with Crippen molar-refractivity contribution >= 4 is 35.7 Å². The molecule has 1 aliphatic rings. The van der Waals surface area contributed by atoms with Gasteiger partial charge >= 0.3 is 5.97 Å². The summed E-state index contributed by atoms with van der Waals surface area (Å²) in [7, 11) is 0. The normalized spacial score (nSPS) is 13.4. The maximum Gasteiger partial charge on any atom is 0.340 e. The number of carbonyl (C=O) groups excluding carboxylic acids is 2. The van der Waals surface area contributed by atoms with Crippen molar-refractivity contribution in [1.82, 2.24) is 0 Å². The number of halogens is 1. The van der Waals surface area contributed by atoms with Crippen LogP contribution < -0.4 is 10.2 Å². The third-order valence-corrected chi connectivity index (χ3v) is 4.38. The summed E-state index contributed by atoms with van der Waals surface area (Å²) in [5.74, 6) is -0.613. The predicted octanol–water partition coefficient (Wildman–Crippen LogP) is 3.68. The molecule has 2 aromatic rings. The number of rotatable bonds is 5. The van der Waals surface area contributed by atoms with Gasteiger partial charge in [-0.2, -0.15) is 0 Å². The minimum atomic E-state index is -0.398. The van der Waals surface area contributed by atoms with E-state index in [1.165, 1.54) is 0 Å². The zero-order valence-electron chi connectivity index (χ0n) is 16.1. The maximum absolute atomic E-state index is 12.5. The highest BCUT2D eigenvalue weighted by Gasteiger charge is 2.21. The van der Waals surface area contributed by atoms with Gasteiger partial charge in [0.25, 0.3) is 5.91 Å². The number of aryl methyl sites for hydroxylation is 1. The van der Waals surface area contributed by atoms with Crippen LogP contribution in [-0.2, 0) is 9.47 Å². The molecular weight excluding hydrogens is 380 g/mol. The molecule has 1 amide bonds. The molecule has 1 N–H and O–H groups in total. The zero-order chi connectivity index (χ0) is 19.2. The lowest BCUT2D eigenvalue weighted by atomic mass is 10.1. The number of morpholine rings is 1. The second-order valence-corrected chi connectivity index (χ2v) is 6.38. The van der Waals surface area contributed by atoms with Gasteiger partial charge in [-0.1, -0.05) is 17.7 Å². The van der Waals surface area contributed by atoms with Crippen LogP contribution in [0.15, 0.2) is 42.5 Å². The predicted molar refractivity (Wildman–Crippen MR) is 112 cm³/mol. The van der Waals surface area contributed by atoms with Gasteiger partial charge in [-0.15, -0.1) is 12.4 Å². The van der Waals surface area contributed by atoms with Crippen molar-refractivity contribution in [2.24, 2.45) is 0 Å². The Morgan fingerprint density at radius 1 is 1.14 bits per heavy atom. The van der Waals surface area contributed by atoms with E-state index in [0.717, 1.165) is 11.3 Å². The third-order valence-electron chi connectivity index (χ3n) is 4.38. The Hall–Kier alpha value is -2.57. The van der Waals surface area contributed by atoms with Crippen molar-refractivity contribution < 1.29 is 19.1 Å². The molecule has 7 heteroatoms. The fourth-order valence-electron chi connectivity index (χ4n) is 3.06. The number of hydrogen-bond donors (Lipinski definition) is 1. The summed E-state index contributed by atoms with van der Waals surface area (Å²) in [4.78, 5) is 27.1. The van der Waals surface area contributed by atoms with Gasteiger partial charge < -0.3 is 19.7 Å². The van der Waals surface area contributed by atoms with Gasteiger partial charge in [0.2, 0.25) is 0 Å². The van der Waals surface area contributed by atoms with Gasteiger partial charge in [0.15, 0.2) is 0 Å². The second-order valence-electron chi connectivity index (χ2n) is 6.38. The highest BCUT2D eigenvalue weighted by molar-refractivity contribution is 6.05. The maximum atomic E-state index is 12.5. The van der Waals surface area contributed by atoms with Gasteiger partial charge in [0.1, 0.15) is 0 Å². The summed E-state index contributed by atoms with van der Waals surface area (Å²) in [6.45, 7) is 6.66. The van der Waals surface area contributed by atoms with Crippen molar-refractivity contribution in [2.75, 3.05) is 43.1 Å². The summed E-state index contributed by atoms with van der Waals surface area (Å²) in [5.41, 5.74) is 3.38. The summed E-state index contributed by atoms with van der Waals surface area (Å²) in [6.07, 6.45) is 0. The van der Waals surface area contributed by atoms with Crippen LogP contribution in [0.25, 0.3) is 0 Å². The molecule has 0 saturated carbocycles. The molecule has 3 rings (SSSR count). The summed E-state index contributed by atoms with van der Waals surface area (Å²) < 4.78 is 10.6. The van der Waals surface area contributed by atoms with E-state index in [2.05, 4.69) is 10.2 Å². The van der Waals surface area contributed by atoms with Crippen molar-refractivity contribution in [3.05, 3.63) is 59.2 Å². The van der Waals surface area contributed by atoms with Crippen LogP contribution in [0.4, 0.5) is 11.4 Å². The van der Waals surface area contributed by atoms with Crippen molar-refractivity contribution in [3.63, 3.8) is 0 Å². The molecule has 28 heavy (non-hydrogen) atoms. The Morgan fingerprint density at radius 3 is 2.57 bits per heavy atom. The topological polar surface area (TPSA) is 67.9 Å². The van der Waals surface area contributed by atoms with E-state index < -0.39 is 5.97 Å². The molecule has 1 heterocycles. The first-order chi connectivity index (χ1) is 13.1. The van der Waals surface area contributed by atoms with Crippen LogP contribution in [0.5, 0.6) is 0 Å². The molecule has 6 nitrogen and oxygen atoms in total. The molecule has 0 radical (unpaired) electrons. The number of amides is 1. The fourth-order valence-corrected chi connectivity index (χ4v) is 3.06. The van der Waals surface area contributed by atoms with E-state index in [-0.39, 0.29) is 18.3 Å². The van der Waals surface area contributed by atoms with Gasteiger partial charge in [-0.25, -0.2) is 4.79 Å². The quantitative estimate of drug-likeness (QED) is 0.770. The Bertz CT molecular complexity index is 835. The van der Waals surface area contributed by atoms with Crippen LogP contribution in [-0.4, -0.2) is 44.8 Å². The average molecular weight is 405 g/mol. The SMILES string of the molecule is CCOC(=O)c1cc(NC(=O)c2cccc(C)c2)ccc1N1CCOCC1.Cl. The van der Waals surface area contributed by atoms with Crippen LogP contribution >= 0.6 is 12.4 Å². The molecule has 0 unspecified atom stereocenters. The van der Waals surface area contributed by atoms with Crippen molar-refractivity contribution in [1.29, 1.82) is 0 Å². The fraction of sp³-hybridized carbons (Fsp3) is 0.333. The lowest BCUT2D eigenvalue weighted by Gasteiger charge is -2.30. The van der Waals surface area contributed by atoms with Gasteiger partial charge in [-0.05, 0) is 44.2 Å². The molecule has 1 fully saturated rings. The summed E-state index contributed by atoms with van der Waals surface area (Å²) in [5, 5.41) is 2.86. The minimum absolute atomic E-state index is 0. The van der Waals surface area contributed by atoms with E-state index in [9.17, 15) is 9.59 Å². The van der Waals surface area contributed by atoms with Crippen molar-refractivity contribution in [2.45, 2.75) is 13.8 Å². The lowest BCUT2D eigenvalue weighted by molar-refractivity contribution is 0.0526. The molecule has 2 aromatic carbocycles. The largest absolute Gasteiger partial charge is 0.462 e. The number of benzene rings is 2. The van der Waals surface area contributed by atoms with E-state index >= 15 is 0 Å². The van der Waals surface area contributed by atoms with E-state index in [4.69, 9.17) is 9.47 Å². The zero-order valence-corrected chi connectivity index (χ0v) is 16.9. The molecule has 0 bridgehead atoms. The van der Waals surface area contributed by atoms with E-state index in [1.54, 1.807) is 25.1 Å². The Labute approximate surface area is 171 Å². The number of esters is 1.